The first-order valence-electron chi connectivity index (χ1n) is 8.96. The highest BCUT2D eigenvalue weighted by atomic mass is 16.4. The fourth-order valence-corrected chi connectivity index (χ4v) is 4.58. The van der Waals surface area contributed by atoms with Crippen LogP contribution in [0.3, 0.4) is 0 Å². The van der Waals surface area contributed by atoms with Gasteiger partial charge in [0.15, 0.2) is 0 Å². The molecule has 1 saturated carbocycles. The van der Waals surface area contributed by atoms with Gasteiger partial charge in [-0.3, -0.25) is 9.69 Å². The molecule has 0 amide bonds. The predicted octanol–water partition coefficient (Wildman–Crippen LogP) is 4.17. The van der Waals surface area contributed by atoms with Crippen molar-refractivity contribution in [1.82, 2.24) is 4.90 Å². The Bertz CT molecular complexity index is 343. The number of aliphatic carboxylic acids is 1. The highest BCUT2D eigenvalue weighted by Crippen LogP contribution is 2.39. The van der Waals surface area contributed by atoms with Crippen molar-refractivity contribution in [1.29, 1.82) is 0 Å². The number of hydrogen-bond donors (Lipinski definition) is 1. The van der Waals surface area contributed by atoms with Crippen molar-refractivity contribution in [3.05, 3.63) is 0 Å². The number of carbonyl (C=O) groups is 1. The van der Waals surface area contributed by atoms with Crippen LogP contribution >= 0.6 is 0 Å². The third kappa shape index (κ3) is 3.80. The van der Waals surface area contributed by atoms with Crippen molar-refractivity contribution >= 4 is 5.97 Å². The maximum atomic E-state index is 11.8. The van der Waals surface area contributed by atoms with Gasteiger partial charge in [-0.25, -0.2) is 0 Å². The summed E-state index contributed by atoms with van der Waals surface area (Å²) in [6, 6.07) is 0.635. The molecular weight excluding hydrogens is 262 g/mol. The van der Waals surface area contributed by atoms with Crippen LogP contribution in [0.2, 0.25) is 0 Å². The van der Waals surface area contributed by atoms with Gasteiger partial charge in [0.1, 0.15) is 0 Å². The van der Waals surface area contributed by atoms with Gasteiger partial charge in [-0.15, -0.1) is 0 Å². The molecular formula is C18H33NO2. The summed E-state index contributed by atoms with van der Waals surface area (Å²) < 4.78 is 0. The molecule has 1 aliphatic carbocycles. The second kappa shape index (κ2) is 7.13. The molecule has 1 unspecified atom stereocenters. The van der Waals surface area contributed by atoms with Crippen molar-refractivity contribution in [2.45, 2.75) is 78.2 Å². The standard InChI is InChI=1S/C18H33NO2/c1-4-10-18(17(20)21)11-5-12-19(13-18)16-8-6-15(7-9-16)14(2)3/h14-16H,4-13H2,1-3H3,(H,20,21). The lowest BCUT2D eigenvalue weighted by Gasteiger charge is -2.45. The van der Waals surface area contributed by atoms with Crippen LogP contribution in [0.4, 0.5) is 0 Å². The minimum Gasteiger partial charge on any atom is -0.481 e. The molecule has 0 aromatic heterocycles. The molecule has 1 saturated heterocycles. The second-order valence-corrected chi connectivity index (χ2v) is 7.72. The van der Waals surface area contributed by atoms with E-state index >= 15 is 0 Å². The maximum absolute atomic E-state index is 11.8. The topological polar surface area (TPSA) is 40.5 Å². The molecule has 21 heavy (non-hydrogen) atoms. The van der Waals surface area contributed by atoms with Gasteiger partial charge in [-0.2, -0.15) is 0 Å². The van der Waals surface area contributed by atoms with Crippen LogP contribution < -0.4 is 0 Å². The molecule has 0 aromatic carbocycles. The minimum absolute atomic E-state index is 0.470. The van der Waals surface area contributed by atoms with Gasteiger partial charge in [0, 0.05) is 12.6 Å². The molecule has 0 radical (unpaired) electrons. The molecule has 1 atom stereocenters. The summed E-state index contributed by atoms with van der Waals surface area (Å²) in [6.45, 7) is 8.67. The Morgan fingerprint density at radius 3 is 2.48 bits per heavy atom. The lowest BCUT2D eigenvalue weighted by Crippen LogP contribution is -2.52. The Labute approximate surface area is 130 Å². The predicted molar refractivity (Wildman–Crippen MR) is 86.4 cm³/mol. The normalized spacial score (nSPS) is 35.0. The molecule has 2 rings (SSSR count). The maximum Gasteiger partial charge on any atom is 0.310 e. The average molecular weight is 295 g/mol. The van der Waals surface area contributed by atoms with Crippen LogP contribution in [0.5, 0.6) is 0 Å². The minimum atomic E-state index is -0.565. The van der Waals surface area contributed by atoms with E-state index < -0.39 is 11.4 Å². The summed E-state index contributed by atoms with van der Waals surface area (Å²) in [4.78, 5) is 14.3. The van der Waals surface area contributed by atoms with E-state index in [0.29, 0.717) is 6.04 Å². The smallest absolute Gasteiger partial charge is 0.310 e. The fourth-order valence-electron chi connectivity index (χ4n) is 4.58. The fraction of sp³-hybridized carbons (Fsp3) is 0.944. The van der Waals surface area contributed by atoms with Gasteiger partial charge in [0.2, 0.25) is 0 Å². The summed E-state index contributed by atoms with van der Waals surface area (Å²) in [6.07, 6.45) is 8.92. The highest BCUT2D eigenvalue weighted by Gasteiger charge is 2.43. The van der Waals surface area contributed by atoms with Crippen LogP contribution in [-0.2, 0) is 4.79 Å². The first kappa shape index (κ1) is 16.8. The van der Waals surface area contributed by atoms with Crippen molar-refractivity contribution in [3.8, 4) is 0 Å². The zero-order chi connectivity index (χ0) is 15.5. The van der Waals surface area contributed by atoms with Crippen molar-refractivity contribution in [2.24, 2.45) is 17.3 Å². The van der Waals surface area contributed by atoms with E-state index in [9.17, 15) is 9.90 Å². The Morgan fingerprint density at radius 2 is 1.95 bits per heavy atom. The number of likely N-dealkylation sites (tertiary alicyclic amines) is 1. The molecule has 2 fully saturated rings. The number of carboxylic acids is 1. The van der Waals surface area contributed by atoms with E-state index in [1.807, 2.05) is 0 Å². The Balaban J connectivity index is 1.96. The van der Waals surface area contributed by atoms with E-state index in [2.05, 4.69) is 25.7 Å². The first-order chi connectivity index (χ1) is 9.98. The largest absolute Gasteiger partial charge is 0.481 e. The molecule has 1 aliphatic heterocycles. The van der Waals surface area contributed by atoms with Crippen LogP contribution in [0.1, 0.15) is 72.1 Å². The van der Waals surface area contributed by atoms with E-state index in [4.69, 9.17) is 0 Å². The summed E-state index contributed by atoms with van der Waals surface area (Å²) in [5.74, 6) is 1.11. The lowest BCUT2D eigenvalue weighted by molar-refractivity contribution is -0.154. The summed E-state index contributed by atoms with van der Waals surface area (Å²) >= 11 is 0. The number of hydrogen-bond acceptors (Lipinski definition) is 2. The third-order valence-electron chi connectivity index (χ3n) is 5.99. The lowest BCUT2D eigenvalue weighted by atomic mass is 9.74. The van der Waals surface area contributed by atoms with E-state index in [-0.39, 0.29) is 0 Å². The molecule has 0 aromatic rings. The van der Waals surface area contributed by atoms with Crippen LogP contribution in [0.25, 0.3) is 0 Å². The second-order valence-electron chi connectivity index (χ2n) is 7.72. The Hall–Kier alpha value is -0.570. The zero-order valence-electron chi connectivity index (χ0n) is 14.1. The number of rotatable bonds is 5. The van der Waals surface area contributed by atoms with E-state index in [1.54, 1.807) is 0 Å². The van der Waals surface area contributed by atoms with Gasteiger partial charge in [-0.05, 0) is 63.3 Å². The van der Waals surface area contributed by atoms with Crippen LogP contribution in [0.15, 0.2) is 0 Å². The van der Waals surface area contributed by atoms with Crippen molar-refractivity contribution in [2.75, 3.05) is 13.1 Å². The van der Waals surface area contributed by atoms with Crippen LogP contribution in [-0.4, -0.2) is 35.1 Å². The molecule has 122 valence electrons. The quantitative estimate of drug-likeness (QED) is 0.827. The zero-order valence-corrected chi connectivity index (χ0v) is 14.1. The highest BCUT2D eigenvalue weighted by molar-refractivity contribution is 5.75. The van der Waals surface area contributed by atoms with Crippen LogP contribution in [0, 0.1) is 17.3 Å². The third-order valence-corrected chi connectivity index (χ3v) is 5.99. The molecule has 2 aliphatic rings. The monoisotopic (exact) mass is 295 g/mol. The van der Waals surface area contributed by atoms with Gasteiger partial charge >= 0.3 is 5.97 Å². The average Bonchev–Trinajstić information content (AvgIpc) is 2.48. The first-order valence-corrected chi connectivity index (χ1v) is 8.96. The van der Waals surface area contributed by atoms with E-state index in [0.717, 1.165) is 50.6 Å². The van der Waals surface area contributed by atoms with Gasteiger partial charge in [-0.1, -0.05) is 27.2 Å². The molecule has 0 spiro atoms. The number of nitrogens with zero attached hydrogens (tertiary/aromatic N) is 1. The van der Waals surface area contributed by atoms with Crippen molar-refractivity contribution in [3.63, 3.8) is 0 Å². The SMILES string of the molecule is CCCC1(C(=O)O)CCCN(C2CCC(C(C)C)CC2)C1. The number of piperidine rings is 1. The molecule has 1 N–H and O–H groups in total. The molecule has 3 nitrogen and oxygen atoms in total. The van der Waals surface area contributed by atoms with Gasteiger partial charge in [0.05, 0.1) is 5.41 Å². The van der Waals surface area contributed by atoms with Gasteiger partial charge < -0.3 is 5.11 Å². The number of carboxylic acid groups (broad SMARTS) is 1. The summed E-state index contributed by atoms with van der Waals surface area (Å²) in [5.41, 5.74) is -0.470. The Morgan fingerprint density at radius 1 is 1.29 bits per heavy atom. The summed E-state index contributed by atoms with van der Waals surface area (Å²) in [5, 5.41) is 9.72. The van der Waals surface area contributed by atoms with Gasteiger partial charge in [0.25, 0.3) is 0 Å². The molecule has 1 heterocycles. The van der Waals surface area contributed by atoms with Crippen molar-refractivity contribution < 1.29 is 9.90 Å². The molecule has 3 heteroatoms. The Kier molecular flexibility index (Phi) is 5.70. The summed E-state index contributed by atoms with van der Waals surface area (Å²) in [7, 11) is 0. The van der Waals surface area contributed by atoms with E-state index in [1.165, 1.54) is 25.7 Å². The molecule has 0 bridgehead atoms.